The fourth-order valence-electron chi connectivity index (χ4n) is 1.49. The van der Waals surface area contributed by atoms with Crippen LogP contribution in [0.2, 0.25) is 0 Å². The Morgan fingerprint density at radius 2 is 2.06 bits per heavy atom. The number of alkyl halides is 3. The normalized spacial score (nSPS) is 13.5. The van der Waals surface area contributed by atoms with Crippen molar-refractivity contribution in [1.29, 1.82) is 0 Å². The molecule has 0 amide bonds. The van der Waals surface area contributed by atoms with Crippen molar-refractivity contribution in [2.24, 2.45) is 5.73 Å². The van der Waals surface area contributed by atoms with Gasteiger partial charge in [-0.3, -0.25) is 0 Å². The summed E-state index contributed by atoms with van der Waals surface area (Å²) in [6.45, 7) is 2.36. The van der Waals surface area contributed by atoms with Crippen molar-refractivity contribution in [3.8, 4) is 5.75 Å². The lowest BCUT2D eigenvalue weighted by molar-refractivity contribution is -0.136. The molecule has 0 aliphatic rings. The van der Waals surface area contributed by atoms with Gasteiger partial charge in [-0.15, -0.1) is 0 Å². The van der Waals surface area contributed by atoms with Crippen LogP contribution in [0.15, 0.2) is 24.3 Å². The van der Waals surface area contributed by atoms with E-state index in [1.807, 2.05) is 6.92 Å². The summed E-state index contributed by atoms with van der Waals surface area (Å²) in [7, 11) is 0. The summed E-state index contributed by atoms with van der Waals surface area (Å²) in [5, 5.41) is 0. The maximum atomic E-state index is 12.1. The van der Waals surface area contributed by atoms with Gasteiger partial charge in [-0.25, -0.2) is 0 Å². The van der Waals surface area contributed by atoms with Crippen LogP contribution in [-0.4, -0.2) is 12.8 Å². The molecule has 96 valence electrons. The minimum atomic E-state index is -4.16. The molecule has 2 nitrogen and oxygen atoms in total. The van der Waals surface area contributed by atoms with E-state index in [0.717, 1.165) is 0 Å². The highest BCUT2D eigenvalue weighted by atomic mass is 19.4. The van der Waals surface area contributed by atoms with Crippen molar-refractivity contribution in [3.05, 3.63) is 29.8 Å². The van der Waals surface area contributed by atoms with Crippen molar-refractivity contribution >= 4 is 0 Å². The van der Waals surface area contributed by atoms with Crippen LogP contribution in [0.5, 0.6) is 5.75 Å². The van der Waals surface area contributed by atoms with E-state index in [1.54, 1.807) is 24.3 Å². The van der Waals surface area contributed by atoms with Crippen molar-refractivity contribution in [2.45, 2.75) is 32.0 Å². The SMILES string of the molecule is CCOc1cccc([C@@H](N)CCC(F)(F)F)c1. The first-order valence-electron chi connectivity index (χ1n) is 5.47. The van der Waals surface area contributed by atoms with Gasteiger partial charge in [0.2, 0.25) is 0 Å². The molecule has 0 aliphatic heterocycles. The van der Waals surface area contributed by atoms with Gasteiger partial charge in [-0.2, -0.15) is 13.2 Å². The summed E-state index contributed by atoms with van der Waals surface area (Å²) in [6.07, 6.45) is -5.14. The van der Waals surface area contributed by atoms with Crippen LogP contribution in [0.4, 0.5) is 13.2 Å². The first-order chi connectivity index (χ1) is 7.92. The second kappa shape index (κ2) is 5.91. The van der Waals surface area contributed by atoms with E-state index in [4.69, 9.17) is 10.5 Å². The van der Waals surface area contributed by atoms with Crippen LogP contribution in [0, 0.1) is 0 Å². The largest absolute Gasteiger partial charge is 0.494 e. The van der Waals surface area contributed by atoms with Gasteiger partial charge in [0.1, 0.15) is 5.75 Å². The zero-order valence-corrected chi connectivity index (χ0v) is 9.63. The number of hydrogen-bond donors (Lipinski definition) is 1. The number of benzene rings is 1. The molecule has 0 saturated heterocycles. The molecule has 1 aromatic rings. The zero-order chi connectivity index (χ0) is 12.9. The Morgan fingerprint density at radius 1 is 1.35 bits per heavy atom. The van der Waals surface area contributed by atoms with Crippen LogP contribution in [0.3, 0.4) is 0 Å². The van der Waals surface area contributed by atoms with E-state index in [1.165, 1.54) is 0 Å². The van der Waals surface area contributed by atoms with Crippen LogP contribution < -0.4 is 10.5 Å². The van der Waals surface area contributed by atoms with Gasteiger partial charge in [0.05, 0.1) is 6.61 Å². The highest BCUT2D eigenvalue weighted by Gasteiger charge is 2.27. The Morgan fingerprint density at radius 3 is 2.65 bits per heavy atom. The monoisotopic (exact) mass is 247 g/mol. The molecule has 0 aromatic heterocycles. The zero-order valence-electron chi connectivity index (χ0n) is 9.63. The molecule has 5 heteroatoms. The Hall–Kier alpha value is -1.23. The Balaban J connectivity index is 2.62. The molecule has 1 aromatic carbocycles. The average Bonchev–Trinajstić information content (AvgIpc) is 2.26. The predicted octanol–water partition coefficient (Wildman–Crippen LogP) is 3.43. The summed E-state index contributed by atoms with van der Waals surface area (Å²) in [5.41, 5.74) is 6.38. The topological polar surface area (TPSA) is 35.2 Å². The van der Waals surface area contributed by atoms with Crippen LogP contribution in [0.25, 0.3) is 0 Å². The van der Waals surface area contributed by atoms with E-state index >= 15 is 0 Å². The van der Waals surface area contributed by atoms with Crippen molar-refractivity contribution in [1.82, 2.24) is 0 Å². The smallest absolute Gasteiger partial charge is 0.389 e. The van der Waals surface area contributed by atoms with Crippen molar-refractivity contribution in [2.75, 3.05) is 6.61 Å². The molecule has 0 bridgehead atoms. The number of ether oxygens (including phenoxy) is 1. The summed E-state index contributed by atoms with van der Waals surface area (Å²) in [5.74, 6) is 0.632. The Kier molecular flexibility index (Phi) is 4.81. The quantitative estimate of drug-likeness (QED) is 0.865. The molecule has 0 aliphatic carbocycles. The van der Waals surface area contributed by atoms with Gasteiger partial charge >= 0.3 is 6.18 Å². The first kappa shape index (κ1) is 13.8. The maximum absolute atomic E-state index is 12.1. The third-order valence-corrected chi connectivity index (χ3v) is 2.34. The lowest BCUT2D eigenvalue weighted by atomic mass is 10.0. The molecule has 0 radical (unpaired) electrons. The van der Waals surface area contributed by atoms with Gasteiger partial charge in [-0.1, -0.05) is 12.1 Å². The fraction of sp³-hybridized carbons (Fsp3) is 0.500. The predicted molar refractivity (Wildman–Crippen MR) is 59.8 cm³/mol. The highest BCUT2D eigenvalue weighted by molar-refractivity contribution is 5.30. The molecular weight excluding hydrogens is 231 g/mol. The van der Waals surface area contributed by atoms with Gasteiger partial charge in [0.15, 0.2) is 0 Å². The van der Waals surface area contributed by atoms with Crippen molar-refractivity contribution in [3.63, 3.8) is 0 Å². The van der Waals surface area contributed by atoms with Gasteiger partial charge in [0.25, 0.3) is 0 Å². The van der Waals surface area contributed by atoms with E-state index in [9.17, 15) is 13.2 Å². The maximum Gasteiger partial charge on any atom is 0.389 e. The average molecular weight is 247 g/mol. The number of rotatable bonds is 5. The molecule has 0 spiro atoms. The van der Waals surface area contributed by atoms with Crippen LogP contribution >= 0.6 is 0 Å². The van der Waals surface area contributed by atoms with Gasteiger partial charge < -0.3 is 10.5 Å². The molecule has 1 atom stereocenters. The summed E-state index contributed by atoms with van der Waals surface area (Å²) in [4.78, 5) is 0. The minimum absolute atomic E-state index is 0.112. The second-order valence-electron chi connectivity index (χ2n) is 3.77. The molecular formula is C12H16F3NO. The molecule has 0 heterocycles. The van der Waals surface area contributed by atoms with E-state index in [0.29, 0.717) is 17.9 Å². The lowest BCUT2D eigenvalue weighted by Crippen LogP contribution is -2.15. The van der Waals surface area contributed by atoms with Crippen molar-refractivity contribution < 1.29 is 17.9 Å². The van der Waals surface area contributed by atoms with E-state index < -0.39 is 18.6 Å². The number of nitrogens with two attached hydrogens (primary N) is 1. The molecule has 2 N–H and O–H groups in total. The second-order valence-corrected chi connectivity index (χ2v) is 3.77. The Bertz CT molecular complexity index is 352. The van der Waals surface area contributed by atoms with E-state index in [-0.39, 0.29) is 6.42 Å². The molecule has 0 fully saturated rings. The van der Waals surface area contributed by atoms with Crippen LogP contribution in [-0.2, 0) is 0 Å². The summed E-state index contributed by atoms with van der Waals surface area (Å²) >= 11 is 0. The highest BCUT2D eigenvalue weighted by Crippen LogP contribution is 2.27. The lowest BCUT2D eigenvalue weighted by Gasteiger charge is -2.14. The first-order valence-corrected chi connectivity index (χ1v) is 5.47. The molecule has 1 rings (SSSR count). The number of halogens is 3. The van der Waals surface area contributed by atoms with Gasteiger partial charge in [-0.05, 0) is 31.0 Å². The summed E-state index contributed by atoms with van der Waals surface area (Å²) in [6, 6.07) is 6.27. The minimum Gasteiger partial charge on any atom is -0.494 e. The summed E-state index contributed by atoms with van der Waals surface area (Å²) < 4.78 is 41.4. The Labute approximate surface area is 98.6 Å². The van der Waals surface area contributed by atoms with E-state index in [2.05, 4.69) is 0 Å². The molecule has 17 heavy (non-hydrogen) atoms. The third kappa shape index (κ3) is 5.08. The van der Waals surface area contributed by atoms with Gasteiger partial charge in [0, 0.05) is 12.5 Å². The fourth-order valence-corrected chi connectivity index (χ4v) is 1.49. The molecule has 0 unspecified atom stereocenters. The van der Waals surface area contributed by atoms with Crippen LogP contribution in [0.1, 0.15) is 31.4 Å². The number of hydrogen-bond acceptors (Lipinski definition) is 2. The third-order valence-electron chi connectivity index (χ3n) is 2.34. The standard InChI is InChI=1S/C12H16F3NO/c1-2-17-10-5-3-4-9(8-10)11(16)6-7-12(13,14)15/h3-5,8,11H,2,6-7,16H2,1H3/t11-/m0/s1. The molecule has 0 saturated carbocycles.